The Hall–Kier alpha value is -1.06. The number of hydrogen-bond donors (Lipinski definition) is 1. The highest BCUT2D eigenvalue weighted by atomic mass is 16.5. The maximum Gasteiger partial charge on any atom is 0.0552 e. The van der Waals surface area contributed by atoms with E-state index < -0.39 is 0 Å². The molecule has 2 rings (SSSR count). The molecule has 3 heteroatoms. The van der Waals surface area contributed by atoms with Crippen LogP contribution in [0.5, 0.6) is 0 Å². The molecule has 100 valence electrons. The second-order valence-electron chi connectivity index (χ2n) is 5.31. The summed E-state index contributed by atoms with van der Waals surface area (Å²) >= 11 is 0. The second-order valence-corrected chi connectivity index (χ2v) is 5.31. The van der Waals surface area contributed by atoms with Crippen LogP contribution in [0.25, 0.3) is 0 Å². The van der Waals surface area contributed by atoms with E-state index in [-0.39, 0.29) is 5.41 Å². The third-order valence-corrected chi connectivity index (χ3v) is 3.98. The van der Waals surface area contributed by atoms with Gasteiger partial charge in [0.1, 0.15) is 0 Å². The number of para-hydroxylation sites is 1. The Labute approximate surface area is 110 Å². The van der Waals surface area contributed by atoms with Crippen LogP contribution in [0, 0.1) is 12.3 Å². The van der Waals surface area contributed by atoms with Crippen molar-refractivity contribution in [2.24, 2.45) is 11.1 Å². The monoisotopic (exact) mass is 248 g/mol. The van der Waals surface area contributed by atoms with Crippen molar-refractivity contribution in [2.75, 3.05) is 37.7 Å². The zero-order valence-electron chi connectivity index (χ0n) is 11.5. The zero-order chi connectivity index (χ0) is 13.0. The van der Waals surface area contributed by atoms with E-state index in [1.54, 1.807) is 0 Å². The topological polar surface area (TPSA) is 38.5 Å². The molecule has 1 aromatic carbocycles. The van der Waals surface area contributed by atoms with Crippen LogP contribution in [-0.4, -0.2) is 32.8 Å². The molecule has 1 aromatic rings. The fourth-order valence-electron chi connectivity index (χ4n) is 2.69. The van der Waals surface area contributed by atoms with Crippen molar-refractivity contribution in [3.05, 3.63) is 29.8 Å². The number of hydrogen-bond acceptors (Lipinski definition) is 3. The Bertz CT molecular complexity index is 386. The van der Waals surface area contributed by atoms with Crippen LogP contribution < -0.4 is 10.6 Å². The van der Waals surface area contributed by atoms with Gasteiger partial charge in [0.25, 0.3) is 0 Å². The highest BCUT2D eigenvalue weighted by molar-refractivity contribution is 5.53. The van der Waals surface area contributed by atoms with E-state index in [4.69, 9.17) is 10.5 Å². The molecule has 1 fully saturated rings. The molecule has 0 aromatic heterocycles. The van der Waals surface area contributed by atoms with Crippen LogP contribution >= 0.6 is 0 Å². The molecule has 1 heterocycles. The van der Waals surface area contributed by atoms with Gasteiger partial charge in [0.05, 0.1) is 6.61 Å². The predicted octanol–water partition coefficient (Wildman–Crippen LogP) is 2.19. The normalized spacial score (nSPS) is 23.3. The van der Waals surface area contributed by atoms with Gasteiger partial charge in [-0.2, -0.15) is 0 Å². The molecule has 0 saturated carbocycles. The Morgan fingerprint density at radius 2 is 2.17 bits per heavy atom. The predicted molar refractivity (Wildman–Crippen MR) is 76.0 cm³/mol. The molecule has 3 nitrogen and oxygen atoms in total. The molecule has 0 radical (unpaired) electrons. The van der Waals surface area contributed by atoms with Gasteiger partial charge >= 0.3 is 0 Å². The summed E-state index contributed by atoms with van der Waals surface area (Å²) in [6.45, 7) is 8.71. The molecule has 0 aliphatic carbocycles. The molecule has 1 aliphatic heterocycles. The van der Waals surface area contributed by atoms with Crippen molar-refractivity contribution in [1.82, 2.24) is 0 Å². The van der Waals surface area contributed by atoms with Crippen molar-refractivity contribution in [3.63, 3.8) is 0 Å². The van der Waals surface area contributed by atoms with E-state index in [0.717, 1.165) is 32.7 Å². The lowest BCUT2D eigenvalue weighted by atomic mass is 9.86. The molecule has 1 saturated heterocycles. The Balaban J connectivity index is 2.17. The van der Waals surface area contributed by atoms with Gasteiger partial charge in [-0.15, -0.1) is 0 Å². The van der Waals surface area contributed by atoms with Gasteiger partial charge in [-0.1, -0.05) is 18.2 Å². The van der Waals surface area contributed by atoms with E-state index in [0.29, 0.717) is 6.54 Å². The van der Waals surface area contributed by atoms with Gasteiger partial charge in [0, 0.05) is 37.3 Å². The van der Waals surface area contributed by atoms with Crippen LogP contribution in [0.15, 0.2) is 24.3 Å². The highest BCUT2D eigenvalue weighted by Crippen LogP contribution is 2.31. The maximum absolute atomic E-state index is 5.98. The fraction of sp³-hybridized carbons (Fsp3) is 0.600. The molecule has 1 aliphatic rings. The number of anilines is 1. The number of nitrogens with zero attached hydrogens (tertiary/aromatic N) is 1. The number of ether oxygens (including phenoxy) is 1. The van der Waals surface area contributed by atoms with Crippen LogP contribution in [0.1, 0.15) is 18.9 Å². The second kappa shape index (κ2) is 5.72. The summed E-state index contributed by atoms with van der Waals surface area (Å²) in [6.07, 6.45) is 1.08. The van der Waals surface area contributed by atoms with E-state index in [1.165, 1.54) is 11.3 Å². The molecular weight excluding hydrogens is 224 g/mol. The Kier molecular flexibility index (Phi) is 4.25. The number of benzene rings is 1. The molecule has 0 spiro atoms. The van der Waals surface area contributed by atoms with E-state index in [1.807, 2.05) is 0 Å². The third-order valence-electron chi connectivity index (χ3n) is 3.98. The molecule has 18 heavy (non-hydrogen) atoms. The first-order valence-electron chi connectivity index (χ1n) is 6.79. The maximum atomic E-state index is 5.98. The summed E-state index contributed by atoms with van der Waals surface area (Å²) in [7, 11) is 0. The smallest absolute Gasteiger partial charge is 0.0552 e. The minimum absolute atomic E-state index is 0.137. The third kappa shape index (κ3) is 2.68. The van der Waals surface area contributed by atoms with Gasteiger partial charge < -0.3 is 15.4 Å². The molecule has 0 bridgehead atoms. The van der Waals surface area contributed by atoms with Crippen LogP contribution in [0.4, 0.5) is 5.69 Å². The van der Waals surface area contributed by atoms with Crippen LogP contribution in [0.2, 0.25) is 0 Å². The van der Waals surface area contributed by atoms with Crippen molar-refractivity contribution in [2.45, 2.75) is 20.3 Å². The highest BCUT2D eigenvalue weighted by Gasteiger charge is 2.35. The average Bonchev–Trinajstić information content (AvgIpc) is 2.86. The zero-order valence-corrected chi connectivity index (χ0v) is 11.5. The van der Waals surface area contributed by atoms with Crippen molar-refractivity contribution >= 4 is 5.69 Å². The van der Waals surface area contributed by atoms with Gasteiger partial charge in [-0.25, -0.2) is 0 Å². The molecule has 2 N–H and O–H groups in total. The molecule has 0 amide bonds. The van der Waals surface area contributed by atoms with Crippen molar-refractivity contribution < 1.29 is 4.74 Å². The first-order valence-corrected chi connectivity index (χ1v) is 6.79. The van der Waals surface area contributed by atoms with Gasteiger partial charge in [0.2, 0.25) is 0 Å². The van der Waals surface area contributed by atoms with E-state index >= 15 is 0 Å². The lowest BCUT2D eigenvalue weighted by Gasteiger charge is -2.35. The Morgan fingerprint density at radius 1 is 1.39 bits per heavy atom. The first-order chi connectivity index (χ1) is 8.71. The summed E-state index contributed by atoms with van der Waals surface area (Å²) in [6, 6.07) is 8.55. The molecule has 1 unspecified atom stereocenters. The van der Waals surface area contributed by atoms with Gasteiger partial charge in [-0.05, 0) is 31.9 Å². The number of aryl methyl sites for hydroxylation is 1. The summed E-state index contributed by atoms with van der Waals surface area (Å²) in [5.41, 5.74) is 8.76. The quantitative estimate of drug-likeness (QED) is 0.868. The average molecular weight is 248 g/mol. The summed E-state index contributed by atoms with van der Waals surface area (Å²) < 4.78 is 5.56. The van der Waals surface area contributed by atoms with Gasteiger partial charge in [0.15, 0.2) is 0 Å². The largest absolute Gasteiger partial charge is 0.381 e. The lowest BCUT2D eigenvalue weighted by Crippen LogP contribution is -2.43. The van der Waals surface area contributed by atoms with Crippen LogP contribution in [-0.2, 0) is 4.74 Å². The lowest BCUT2D eigenvalue weighted by molar-refractivity contribution is 0.157. The van der Waals surface area contributed by atoms with Crippen LogP contribution in [0.3, 0.4) is 0 Å². The number of rotatable bonds is 5. The first kappa shape index (κ1) is 13.4. The Morgan fingerprint density at radius 3 is 2.72 bits per heavy atom. The van der Waals surface area contributed by atoms with Gasteiger partial charge in [-0.3, -0.25) is 0 Å². The van der Waals surface area contributed by atoms with E-state index in [2.05, 4.69) is 43.0 Å². The van der Waals surface area contributed by atoms with Crippen molar-refractivity contribution in [3.8, 4) is 0 Å². The molecular formula is C15H24N2O. The SMILES string of the molecule is CCN(CC1(CN)CCOC1)c1ccccc1C. The number of nitrogens with two attached hydrogens (primary N) is 1. The van der Waals surface area contributed by atoms with E-state index in [9.17, 15) is 0 Å². The summed E-state index contributed by atoms with van der Waals surface area (Å²) in [5.74, 6) is 0. The summed E-state index contributed by atoms with van der Waals surface area (Å²) in [5, 5.41) is 0. The minimum Gasteiger partial charge on any atom is -0.381 e. The summed E-state index contributed by atoms with van der Waals surface area (Å²) in [4.78, 5) is 2.43. The fourth-order valence-corrected chi connectivity index (χ4v) is 2.69. The molecule has 1 atom stereocenters. The minimum atomic E-state index is 0.137. The standard InChI is InChI=1S/C15H24N2O/c1-3-17(14-7-5-4-6-13(14)2)11-15(10-16)8-9-18-12-15/h4-7H,3,8-12,16H2,1-2H3. The van der Waals surface area contributed by atoms with Crippen molar-refractivity contribution in [1.29, 1.82) is 0 Å².